The van der Waals surface area contributed by atoms with Crippen molar-refractivity contribution < 1.29 is 13.2 Å². The van der Waals surface area contributed by atoms with E-state index in [2.05, 4.69) is 4.72 Å². The summed E-state index contributed by atoms with van der Waals surface area (Å²) >= 11 is 0. The number of aryl methyl sites for hydroxylation is 2. The molecule has 0 fully saturated rings. The summed E-state index contributed by atoms with van der Waals surface area (Å²) in [6.45, 7) is 3.70. The van der Waals surface area contributed by atoms with Gasteiger partial charge in [-0.05, 0) is 55.3 Å². The van der Waals surface area contributed by atoms with Crippen molar-refractivity contribution >= 4 is 21.4 Å². The van der Waals surface area contributed by atoms with Gasteiger partial charge in [-0.25, -0.2) is 8.42 Å². The lowest BCUT2D eigenvalue weighted by Crippen LogP contribution is -2.15. The highest BCUT2D eigenvalue weighted by Gasteiger charge is 2.17. The van der Waals surface area contributed by atoms with Gasteiger partial charge in [-0.2, -0.15) is 0 Å². The number of methoxy groups -OCH3 is 1. The van der Waals surface area contributed by atoms with Gasteiger partial charge in [0.15, 0.2) is 0 Å². The predicted molar refractivity (Wildman–Crippen MR) is 84.1 cm³/mol. The smallest absolute Gasteiger partial charge is 0.263 e. The van der Waals surface area contributed by atoms with Crippen molar-refractivity contribution in [2.24, 2.45) is 0 Å². The summed E-state index contributed by atoms with van der Waals surface area (Å²) < 4.78 is 32.4. The molecule has 3 N–H and O–H groups in total. The molecule has 0 saturated heterocycles. The van der Waals surface area contributed by atoms with Gasteiger partial charge in [-0.3, -0.25) is 4.72 Å². The molecule has 2 aromatic carbocycles. The summed E-state index contributed by atoms with van der Waals surface area (Å²) in [6.07, 6.45) is 0. The van der Waals surface area contributed by atoms with Gasteiger partial charge in [0.25, 0.3) is 10.0 Å². The molecule has 2 rings (SSSR count). The van der Waals surface area contributed by atoms with Crippen LogP contribution in [0.2, 0.25) is 0 Å². The minimum absolute atomic E-state index is 0.0709. The minimum Gasteiger partial charge on any atom is -0.496 e. The quantitative estimate of drug-likeness (QED) is 0.851. The van der Waals surface area contributed by atoms with E-state index in [1.54, 1.807) is 37.4 Å². The molecule has 0 aliphatic carbocycles. The second kappa shape index (κ2) is 5.65. The lowest BCUT2D eigenvalue weighted by atomic mass is 10.2. The van der Waals surface area contributed by atoms with E-state index in [9.17, 15) is 8.42 Å². The third-order valence-corrected chi connectivity index (χ3v) is 4.56. The van der Waals surface area contributed by atoms with Crippen molar-refractivity contribution in [1.82, 2.24) is 0 Å². The standard InChI is InChI=1S/C15H18N2O3S/c1-10-4-7-15(13(16)8-10)21(18,19)17-12-5-6-14(20-3)11(2)9-12/h4-9,17H,16H2,1-3H3. The fourth-order valence-electron chi connectivity index (χ4n) is 2.06. The van der Waals surface area contributed by atoms with E-state index in [1.165, 1.54) is 6.07 Å². The zero-order valence-corrected chi connectivity index (χ0v) is 13.0. The van der Waals surface area contributed by atoms with Gasteiger partial charge in [0, 0.05) is 5.69 Å². The van der Waals surface area contributed by atoms with E-state index in [0.717, 1.165) is 11.1 Å². The van der Waals surface area contributed by atoms with Crippen LogP contribution in [0.5, 0.6) is 5.75 Å². The molecular weight excluding hydrogens is 288 g/mol. The van der Waals surface area contributed by atoms with Crippen LogP contribution in [0.15, 0.2) is 41.3 Å². The molecule has 2 aromatic rings. The Kier molecular flexibility index (Phi) is 4.09. The maximum Gasteiger partial charge on any atom is 0.263 e. The highest BCUT2D eigenvalue weighted by molar-refractivity contribution is 7.92. The van der Waals surface area contributed by atoms with Gasteiger partial charge in [-0.1, -0.05) is 6.07 Å². The molecule has 0 aromatic heterocycles. The lowest BCUT2D eigenvalue weighted by molar-refractivity contribution is 0.412. The molecule has 0 radical (unpaired) electrons. The minimum atomic E-state index is -3.71. The van der Waals surface area contributed by atoms with Gasteiger partial charge in [0.05, 0.1) is 12.8 Å². The Hall–Kier alpha value is -2.21. The fraction of sp³-hybridized carbons (Fsp3) is 0.200. The summed E-state index contributed by atoms with van der Waals surface area (Å²) in [7, 11) is -2.14. The molecule has 112 valence electrons. The number of ether oxygens (including phenoxy) is 1. The van der Waals surface area contributed by atoms with Crippen LogP contribution in [0.4, 0.5) is 11.4 Å². The van der Waals surface area contributed by atoms with Crippen molar-refractivity contribution in [1.29, 1.82) is 0 Å². The number of rotatable bonds is 4. The molecule has 0 saturated carbocycles. The summed E-state index contributed by atoms with van der Waals surface area (Å²) in [4.78, 5) is 0.0709. The molecule has 21 heavy (non-hydrogen) atoms. The summed E-state index contributed by atoms with van der Waals surface area (Å²) in [6, 6.07) is 9.92. The van der Waals surface area contributed by atoms with Crippen molar-refractivity contribution in [3.05, 3.63) is 47.5 Å². The Balaban J connectivity index is 2.35. The first-order valence-corrected chi connectivity index (χ1v) is 7.85. The van der Waals surface area contributed by atoms with Crippen LogP contribution in [0.1, 0.15) is 11.1 Å². The number of sulfonamides is 1. The SMILES string of the molecule is COc1ccc(NS(=O)(=O)c2ccc(C)cc2N)cc1C. The van der Waals surface area contributed by atoms with Gasteiger partial charge in [-0.15, -0.1) is 0 Å². The topological polar surface area (TPSA) is 81.4 Å². The molecule has 6 heteroatoms. The summed E-state index contributed by atoms with van der Waals surface area (Å²) in [5, 5.41) is 0. The second-order valence-corrected chi connectivity index (χ2v) is 6.48. The molecule has 0 amide bonds. The number of hydrogen-bond acceptors (Lipinski definition) is 4. The van der Waals surface area contributed by atoms with Crippen molar-refractivity contribution in [2.75, 3.05) is 17.6 Å². The van der Waals surface area contributed by atoms with Crippen LogP contribution < -0.4 is 15.2 Å². The molecule has 0 bridgehead atoms. The zero-order valence-electron chi connectivity index (χ0n) is 12.2. The first-order chi connectivity index (χ1) is 9.83. The van der Waals surface area contributed by atoms with Crippen molar-refractivity contribution in [2.45, 2.75) is 18.7 Å². The van der Waals surface area contributed by atoms with Gasteiger partial charge >= 0.3 is 0 Å². The largest absolute Gasteiger partial charge is 0.496 e. The van der Waals surface area contributed by atoms with E-state index in [-0.39, 0.29) is 10.6 Å². The molecule has 0 unspecified atom stereocenters. The Labute approximate surface area is 124 Å². The highest BCUT2D eigenvalue weighted by atomic mass is 32.2. The number of anilines is 2. The van der Waals surface area contributed by atoms with Crippen LogP contribution in [-0.2, 0) is 10.0 Å². The van der Waals surface area contributed by atoms with Gasteiger partial charge < -0.3 is 10.5 Å². The van der Waals surface area contributed by atoms with Crippen LogP contribution in [-0.4, -0.2) is 15.5 Å². The third kappa shape index (κ3) is 3.28. The van der Waals surface area contributed by atoms with Crippen molar-refractivity contribution in [3.8, 4) is 5.75 Å². The van der Waals surface area contributed by atoms with Crippen LogP contribution >= 0.6 is 0 Å². The first kappa shape index (κ1) is 15.2. The molecule has 0 spiro atoms. The summed E-state index contributed by atoms with van der Waals surface area (Å²) in [5.41, 5.74) is 8.24. The normalized spacial score (nSPS) is 11.2. The Morgan fingerprint density at radius 2 is 1.81 bits per heavy atom. The Morgan fingerprint density at radius 1 is 1.10 bits per heavy atom. The number of hydrogen-bond donors (Lipinski definition) is 2. The fourth-order valence-corrected chi connectivity index (χ4v) is 3.23. The Morgan fingerprint density at radius 3 is 2.38 bits per heavy atom. The van der Waals surface area contributed by atoms with E-state index in [4.69, 9.17) is 10.5 Å². The van der Waals surface area contributed by atoms with Gasteiger partial charge in [0.1, 0.15) is 10.6 Å². The van der Waals surface area contributed by atoms with Gasteiger partial charge in [0.2, 0.25) is 0 Å². The number of nitrogen functional groups attached to an aromatic ring is 1. The number of benzene rings is 2. The number of nitrogens with one attached hydrogen (secondary N) is 1. The number of nitrogens with two attached hydrogens (primary N) is 1. The van der Waals surface area contributed by atoms with Crippen LogP contribution in [0, 0.1) is 13.8 Å². The van der Waals surface area contributed by atoms with E-state index in [1.807, 2.05) is 13.8 Å². The molecule has 0 aliphatic rings. The maximum absolute atomic E-state index is 12.4. The molecular formula is C15H18N2O3S. The molecule has 5 nitrogen and oxygen atoms in total. The maximum atomic E-state index is 12.4. The Bertz CT molecular complexity index is 770. The average molecular weight is 306 g/mol. The van der Waals surface area contributed by atoms with Crippen LogP contribution in [0.3, 0.4) is 0 Å². The zero-order chi connectivity index (χ0) is 15.6. The first-order valence-electron chi connectivity index (χ1n) is 6.37. The average Bonchev–Trinajstić information content (AvgIpc) is 2.37. The highest BCUT2D eigenvalue weighted by Crippen LogP contribution is 2.25. The van der Waals surface area contributed by atoms with E-state index < -0.39 is 10.0 Å². The van der Waals surface area contributed by atoms with Crippen molar-refractivity contribution in [3.63, 3.8) is 0 Å². The lowest BCUT2D eigenvalue weighted by Gasteiger charge is -2.12. The summed E-state index contributed by atoms with van der Waals surface area (Å²) in [5.74, 6) is 0.702. The monoisotopic (exact) mass is 306 g/mol. The molecule has 0 atom stereocenters. The van der Waals surface area contributed by atoms with Crippen LogP contribution in [0.25, 0.3) is 0 Å². The second-order valence-electron chi connectivity index (χ2n) is 4.83. The molecule has 0 aliphatic heterocycles. The third-order valence-electron chi connectivity index (χ3n) is 3.10. The molecule has 0 heterocycles. The predicted octanol–water partition coefficient (Wildman–Crippen LogP) is 2.70. The van der Waals surface area contributed by atoms with E-state index >= 15 is 0 Å². The van der Waals surface area contributed by atoms with E-state index in [0.29, 0.717) is 11.4 Å².